The molecule has 1 aromatic carbocycles. The topological polar surface area (TPSA) is 21.3 Å². The van der Waals surface area contributed by atoms with Gasteiger partial charge in [0.05, 0.1) is 0 Å². The number of hydrogen-bond donors (Lipinski definition) is 1. The summed E-state index contributed by atoms with van der Waals surface area (Å²) in [5.41, 5.74) is 0. The van der Waals surface area contributed by atoms with Gasteiger partial charge in [-0.05, 0) is 74.2 Å². The smallest absolute Gasteiger partial charge is 0.119 e. The van der Waals surface area contributed by atoms with E-state index in [4.69, 9.17) is 16.3 Å². The molecule has 3 rings (SSSR count). The van der Waals surface area contributed by atoms with Gasteiger partial charge in [-0.1, -0.05) is 24.9 Å². The highest BCUT2D eigenvalue weighted by Crippen LogP contribution is 2.49. The predicted octanol–water partition coefficient (Wildman–Crippen LogP) is 4.52. The molecule has 116 valence electrons. The molecule has 1 N–H and O–H groups in total. The van der Waals surface area contributed by atoms with Gasteiger partial charge in [0.1, 0.15) is 12.4 Å². The minimum absolute atomic E-state index is 0.468. The van der Waals surface area contributed by atoms with E-state index in [0.717, 1.165) is 41.7 Å². The fourth-order valence-electron chi connectivity index (χ4n) is 4.26. The lowest BCUT2D eigenvalue weighted by atomic mass is 9.84. The minimum atomic E-state index is 0.468. The average molecular weight is 308 g/mol. The van der Waals surface area contributed by atoms with Gasteiger partial charge >= 0.3 is 0 Å². The van der Waals surface area contributed by atoms with Crippen LogP contribution in [0.15, 0.2) is 24.3 Å². The van der Waals surface area contributed by atoms with Crippen LogP contribution in [0.25, 0.3) is 0 Å². The maximum atomic E-state index is 5.94. The minimum Gasteiger partial charge on any atom is -0.492 e. The lowest BCUT2D eigenvalue weighted by Crippen LogP contribution is -2.37. The maximum Gasteiger partial charge on any atom is 0.119 e. The van der Waals surface area contributed by atoms with E-state index in [0.29, 0.717) is 6.04 Å². The number of hydrogen-bond acceptors (Lipinski definition) is 2. The zero-order chi connectivity index (χ0) is 14.7. The molecule has 0 aromatic heterocycles. The van der Waals surface area contributed by atoms with Crippen LogP contribution >= 0.6 is 11.6 Å². The fourth-order valence-corrected chi connectivity index (χ4v) is 4.38. The zero-order valence-electron chi connectivity index (χ0n) is 12.9. The van der Waals surface area contributed by atoms with E-state index in [-0.39, 0.29) is 0 Å². The monoisotopic (exact) mass is 307 g/mol. The van der Waals surface area contributed by atoms with Crippen LogP contribution in [0.2, 0.25) is 5.02 Å². The highest BCUT2D eigenvalue weighted by Gasteiger charge is 2.40. The lowest BCUT2D eigenvalue weighted by molar-refractivity contribution is 0.213. The van der Waals surface area contributed by atoms with E-state index >= 15 is 0 Å². The molecule has 2 bridgehead atoms. The summed E-state index contributed by atoms with van der Waals surface area (Å²) in [6, 6.07) is 8.13. The summed E-state index contributed by atoms with van der Waals surface area (Å²) in [7, 11) is 0. The summed E-state index contributed by atoms with van der Waals surface area (Å²) >= 11 is 5.91. The number of rotatable bonds is 7. The first-order valence-corrected chi connectivity index (χ1v) is 8.74. The van der Waals surface area contributed by atoms with Crippen LogP contribution in [-0.4, -0.2) is 19.2 Å². The van der Waals surface area contributed by atoms with Crippen molar-refractivity contribution in [2.24, 2.45) is 17.8 Å². The van der Waals surface area contributed by atoms with Gasteiger partial charge in [0, 0.05) is 11.1 Å². The summed E-state index contributed by atoms with van der Waals surface area (Å²) in [4.78, 5) is 0. The third-order valence-electron chi connectivity index (χ3n) is 5.23. The zero-order valence-corrected chi connectivity index (χ0v) is 13.6. The second kappa shape index (κ2) is 7.02. The molecule has 2 nitrogen and oxygen atoms in total. The molecule has 4 unspecified atom stereocenters. The highest BCUT2D eigenvalue weighted by atomic mass is 35.5. The van der Waals surface area contributed by atoms with Gasteiger partial charge in [-0.3, -0.25) is 0 Å². The third-order valence-corrected chi connectivity index (χ3v) is 5.48. The molecule has 21 heavy (non-hydrogen) atoms. The molecule has 4 atom stereocenters. The fraction of sp³-hybridized carbons (Fsp3) is 0.667. The molecular weight excluding hydrogens is 282 g/mol. The first kappa shape index (κ1) is 15.2. The largest absolute Gasteiger partial charge is 0.492 e. The van der Waals surface area contributed by atoms with Gasteiger partial charge in [0.2, 0.25) is 0 Å². The van der Waals surface area contributed by atoms with Crippen molar-refractivity contribution < 1.29 is 4.74 Å². The normalized spacial score (nSPS) is 28.8. The van der Waals surface area contributed by atoms with E-state index in [1.165, 1.54) is 32.1 Å². The number of nitrogens with one attached hydrogen (secondary N) is 1. The lowest BCUT2D eigenvalue weighted by Gasteiger charge is -2.27. The molecule has 0 radical (unpaired) electrons. The molecular formula is C18H26ClNO. The van der Waals surface area contributed by atoms with Crippen molar-refractivity contribution >= 4 is 11.6 Å². The van der Waals surface area contributed by atoms with Crippen LogP contribution in [0.1, 0.15) is 39.0 Å². The first-order valence-electron chi connectivity index (χ1n) is 8.36. The van der Waals surface area contributed by atoms with Crippen molar-refractivity contribution in [2.45, 2.75) is 45.1 Å². The molecule has 3 heteroatoms. The van der Waals surface area contributed by atoms with Crippen molar-refractivity contribution in [3.8, 4) is 5.75 Å². The van der Waals surface area contributed by atoms with Crippen LogP contribution in [-0.2, 0) is 0 Å². The Balaban J connectivity index is 1.51. The van der Waals surface area contributed by atoms with Crippen LogP contribution in [0.4, 0.5) is 0 Å². The molecule has 2 saturated carbocycles. The summed E-state index contributed by atoms with van der Waals surface area (Å²) < 4.78 is 5.94. The van der Waals surface area contributed by atoms with Gasteiger partial charge < -0.3 is 10.1 Å². The quantitative estimate of drug-likeness (QED) is 0.799. The van der Waals surface area contributed by atoms with Crippen molar-refractivity contribution in [1.82, 2.24) is 5.32 Å². The molecule has 0 aliphatic heterocycles. The molecule has 0 heterocycles. The molecule has 2 fully saturated rings. The van der Waals surface area contributed by atoms with E-state index in [2.05, 4.69) is 12.2 Å². The average Bonchev–Trinajstić information content (AvgIpc) is 3.09. The van der Waals surface area contributed by atoms with Crippen LogP contribution < -0.4 is 10.1 Å². The van der Waals surface area contributed by atoms with Gasteiger partial charge in [0.15, 0.2) is 0 Å². The van der Waals surface area contributed by atoms with Crippen molar-refractivity contribution in [3.63, 3.8) is 0 Å². The van der Waals surface area contributed by atoms with Gasteiger partial charge in [-0.2, -0.15) is 0 Å². The summed E-state index contributed by atoms with van der Waals surface area (Å²) in [6.07, 6.45) is 7.15. The standard InChI is InChI=1S/C18H26ClNO/c1-2-20-17(11-15-10-13-3-4-14(15)9-13)12-21-18-7-5-16(19)6-8-18/h5-8,13-15,17,20H,2-4,9-12H2,1H3. The van der Waals surface area contributed by atoms with E-state index in [1.54, 1.807) is 0 Å². The van der Waals surface area contributed by atoms with Gasteiger partial charge in [-0.25, -0.2) is 0 Å². The van der Waals surface area contributed by atoms with Crippen molar-refractivity contribution in [3.05, 3.63) is 29.3 Å². The molecule has 2 aliphatic rings. The van der Waals surface area contributed by atoms with Crippen LogP contribution in [0.3, 0.4) is 0 Å². The van der Waals surface area contributed by atoms with Crippen molar-refractivity contribution in [1.29, 1.82) is 0 Å². The summed E-state index contributed by atoms with van der Waals surface area (Å²) in [5, 5.41) is 4.36. The Morgan fingerprint density at radius 3 is 2.67 bits per heavy atom. The molecule has 1 aromatic rings. The van der Waals surface area contributed by atoms with E-state index in [1.807, 2.05) is 24.3 Å². The second-order valence-electron chi connectivity index (χ2n) is 6.69. The summed E-state index contributed by atoms with van der Waals surface area (Å²) in [5.74, 6) is 3.85. The number of fused-ring (bicyclic) bond motifs is 2. The Hall–Kier alpha value is -0.730. The van der Waals surface area contributed by atoms with E-state index in [9.17, 15) is 0 Å². The highest BCUT2D eigenvalue weighted by molar-refractivity contribution is 6.30. The number of benzene rings is 1. The Morgan fingerprint density at radius 2 is 2.05 bits per heavy atom. The Morgan fingerprint density at radius 1 is 1.24 bits per heavy atom. The van der Waals surface area contributed by atoms with Crippen LogP contribution in [0.5, 0.6) is 5.75 Å². The number of likely N-dealkylation sites (N-methyl/N-ethyl adjacent to an activating group) is 1. The number of halogens is 1. The Bertz CT molecular complexity index is 447. The van der Waals surface area contributed by atoms with E-state index < -0.39 is 0 Å². The molecule has 0 amide bonds. The third kappa shape index (κ3) is 3.92. The van der Waals surface area contributed by atoms with Gasteiger partial charge in [-0.15, -0.1) is 0 Å². The first-order chi connectivity index (χ1) is 10.2. The second-order valence-corrected chi connectivity index (χ2v) is 7.13. The molecule has 2 aliphatic carbocycles. The predicted molar refractivity (Wildman–Crippen MR) is 88.0 cm³/mol. The maximum absolute atomic E-state index is 5.94. The SMILES string of the molecule is CCNC(COc1ccc(Cl)cc1)CC1CC2CCC1C2. The summed E-state index contributed by atoms with van der Waals surface area (Å²) in [6.45, 7) is 3.94. The van der Waals surface area contributed by atoms with Crippen molar-refractivity contribution in [2.75, 3.05) is 13.2 Å². The van der Waals surface area contributed by atoms with Crippen LogP contribution in [0, 0.1) is 17.8 Å². The number of ether oxygens (including phenoxy) is 1. The van der Waals surface area contributed by atoms with Gasteiger partial charge in [0.25, 0.3) is 0 Å². The molecule has 0 saturated heterocycles. The Labute approximate surface area is 133 Å². The Kier molecular flexibility index (Phi) is 5.07. The molecule has 0 spiro atoms.